The van der Waals surface area contributed by atoms with Crippen molar-refractivity contribution in [2.24, 2.45) is 5.10 Å². The number of Topliss-reactive ketones (excluding diaryl/α,β-unsaturated/α-hetero) is 1. The second-order valence-corrected chi connectivity index (χ2v) is 10.4. The maximum Gasteiger partial charge on any atom is 0.253 e. The van der Waals surface area contributed by atoms with E-state index in [0.29, 0.717) is 29.8 Å². The molecule has 0 aromatic heterocycles. The van der Waals surface area contributed by atoms with E-state index in [-0.39, 0.29) is 17.7 Å². The Bertz CT molecular complexity index is 1400. The summed E-state index contributed by atoms with van der Waals surface area (Å²) < 4.78 is 19.6. The van der Waals surface area contributed by atoms with Gasteiger partial charge in [0.25, 0.3) is 12.1 Å². The summed E-state index contributed by atoms with van der Waals surface area (Å²) in [6.45, 7) is 3.83. The van der Waals surface area contributed by atoms with Gasteiger partial charge in [0, 0.05) is 43.2 Å². The number of nitrogens with zero attached hydrogens (tertiary/aromatic N) is 4. The average molecular weight is 527 g/mol. The van der Waals surface area contributed by atoms with Crippen LogP contribution in [0.4, 0.5) is 4.39 Å². The number of carbonyl (C=O) groups excluding carboxylic acids is 2. The van der Waals surface area contributed by atoms with Gasteiger partial charge in [-0.2, -0.15) is 5.10 Å². The molecule has 0 saturated carbocycles. The van der Waals surface area contributed by atoms with Crippen molar-refractivity contribution in [1.82, 2.24) is 14.8 Å². The van der Waals surface area contributed by atoms with Crippen molar-refractivity contribution in [3.63, 3.8) is 0 Å². The lowest BCUT2D eigenvalue weighted by atomic mass is 9.95. The van der Waals surface area contributed by atoms with E-state index in [1.165, 1.54) is 37.1 Å². The number of likely N-dealkylation sites (tertiary alicyclic amines) is 1. The van der Waals surface area contributed by atoms with E-state index in [4.69, 9.17) is 9.84 Å². The second kappa shape index (κ2) is 10.6. The Balaban J connectivity index is 1.21. The summed E-state index contributed by atoms with van der Waals surface area (Å²) in [5, 5.41) is 6.55. The molecule has 1 saturated heterocycles. The smallest absolute Gasteiger partial charge is 0.253 e. The van der Waals surface area contributed by atoms with Crippen molar-refractivity contribution in [3.05, 3.63) is 101 Å². The summed E-state index contributed by atoms with van der Waals surface area (Å²) in [5.74, 6) is -0.0367. The van der Waals surface area contributed by atoms with E-state index in [0.717, 1.165) is 36.5 Å². The number of fused-ring (bicyclic) bond motifs is 3. The maximum atomic E-state index is 13.5. The fraction of sp³-hybridized carbons (Fsp3) is 0.323. The highest BCUT2D eigenvalue weighted by molar-refractivity contribution is 6.04. The lowest BCUT2D eigenvalue weighted by Gasteiger charge is -2.37. The van der Waals surface area contributed by atoms with Crippen LogP contribution in [0.1, 0.15) is 57.1 Å². The topological polar surface area (TPSA) is 65.5 Å². The molecule has 3 heterocycles. The number of carbonyl (C=O) groups is 2. The number of rotatable bonds is 7. The minimum Gasteiger partial charge on any atom is -0.461 e. The van der Waals surface area contributed by atoms with Gasteiger partial charge in [0.2, 0.25) is 5.78 Å². The quantitative estimate of drug-likeness (QED) is 0.416. The number of ketones is 1. The molecular weight excluding hydrogens is 495 g/mol. The van der Waals surface area contributed by atoms with Gasteiger partial charge < -0.3 is 14.5 Å². The second-order valence-electron chi connectivity index (χ2n) is 10.4. The Hall–Kier alpha value is -4.04. The van der Waals surface area contributed by atoms with Gasteiger partial charge in [-0.05, 0) is 74.0 Å². The summed E-state index contributed by atoms with van der Waals surface area (Å²) in [6, 6.07) is 20.5. The number of para-hydroxylation sites is 1. The van der Waals surface area contributed by atoms with Gasteiger partial charge in [0.1, 0.15) is 11.6 Å². The molecule has 1 amide bonds. The molecule has 0 bridgehead atoms. The Morgan fingerprint density at radius 2 is 1.67 bits per heavy atom. The highest BCUT2D eigenvalue weighted by Gasteiger charge is 2.43. The third-order valence-corrected chi connectivity index (χ3v) is 7.81. The average Bonchev–Trinajstić information content (AvgIpc) is 3.66. The minimum atomic E-state index is -0.960. The maximum absolute atomic E-state index is 13.5. The van der Waals surface area contributed by atoms with Gasteiger partial charge in [-0.15, -0.1) is 0 Å². The van der Waals surface area contributed by atoms with Crippen LogP contribution in [0.15, 0.2) is 77.9 Å². The van der Waals surface area contributed by atoms with Crippen LogP contribution in [0.5, 0.6) is 5.75 Å². The fourth-order valence-corrected chi connectivity index (χ4v) is 5.56. The zero-order valence-electron chi connectivity index (χ0n) is 21.9. The van der Waals surface area contributed by atoms with Crippen LogP contribution in [0.2, 0.25) is 0 Å². The van der Waals surface area contributed by atoms with E-state index in [2.05, 4.69) is 4.90 Å². The van der Waals surface area contributed by atoms with Crippen LogP contribution < -0.4 is 4.74 Å². The standard InChI is InChI=1S/C31H31FN4O3/c1-34(18-19-35-16-4-5-17-35)30(38)23-10-8-21(9-11-23)26-20-27-25-6-2-3-7-28(25)39-31(36(27)33-26)29(37)22-12-14-24(32)15-13-22/h2-3,6-15,27,31H,4-5,16-20H2,1H3. The minimum absolute atomic E-state index is 0.00110. The molecule has 200 valence electrons. The number of halogens is 1. The number of amides is 1. The summed E-state index contributed by atoms with van der Waals surface area (Å²) in [5.41, 5.74) is 3.67. The number of likely N-dealkylation sites (N-methyl/N-ethyl adjacent to an activating group) is 1. The number of hydrogen-bond acceptors (Lipinski definition) is 6. The van der Waals surface area contributed by atoms with Gasteiger partial charge in [-0.3, -0.25) is 9.59 Å². The fourth-order valence-electron chi connectivity index (χ4n) is 5.56. The Kier molecular flexibility index (Phi) is 6.87. The van der Waals surface area contributed by atoms with Crippen LogP contribution in [0.3, 0.4) is 0 Å². The van der Waals surface area contributed by atoms with E-state index >= 15 is 0 Å². The molecule has 3 aliphatic heterocycles. The molecule has 3 aromatic rings. The van der Waals surface area contributed by atoms with Crippen molar-refractivity contribution in [1.29, 1.82) is 0 Å². The van der Waals surface area contributed by atoms with Gasteiger partial charge in [0.05, 0.1) is 11.8 Å². The Labute approximate surface area is 227 Å². The molecule has 3 aromatic carbocycles. The molecule has 8 heteroatoms. The molecule has 0 spiro atoms. The highest BCUT2D eigenvalue weighted by Crippen LogP contribution is 2.43. The molecule has 0 N–H and O–H groups in total. The molecule has 0 aliphatic carbocycles. The SMILES string of the molecule is CN(CCN1CCCC1)C(=O)c1ccc(C2=NN3C(C(=O)c4ccc(F)cc4)Oc4ccccc4C3C2)cc1. The predicted octanol–water partition coefficient (Wildman–Crippen LogP) is 4.75. The van der Waals surface area contributed by atoms with Crippen LogP contribution in [-0.2, 0) is 0 Å². The van der Waals surface area contributed by atoms with Crippen LogP contribution in [0, 0.1) is 5.82 Å². The number of hydrogen-bond donors (Lipinski definition) is 0. The molecule has 6 rings (SSSR count). The van der Waals surface area contributed by atoms with Crippen molar-refractivity contribution >= 4 is 17.4 Å². The summed E-state index contributed by atoms with van der Waals surface area (Å²) in [6.07, 6.45) is 2.11. The summed E-state index contributed by atoms with van der Waals surface area (Å²) in [7, 11) is 1.85. The monoisotopic (exact) mass is 526 g/mol. The molecule has 39 heavy (non-hydrogen) atoms. The van der Waals surface area contributed by atoms with Crippen molar-refractivity contribution < 1.29 is 18.7 Å². The van der Waals surface area contributed by atoms with Crippen LogP contribution in [-0.4, -0.2) is 71.7 Å². The van der Waals surface area contributed by atoms with E-state index in [1.54, 1.807) is 9.91 Å². The first kappa shape index (κ1) is 25.2. The largest absolute Gasteiger partial charge is 0.461 e. The first-order valence-electron chi connectivity index (χ1n) is 13.5. The third kappa shape index (κ3) is 5.04. The molecular formula is C31H31FN4O3. The van der Waals surface area contributed by atoms with Crippen molar-refractivity contribution in [2.75, 3.05) is 33.2 Å². The van der Waals surface area contributed by atoms with E-state index in [9.17, 15) is 14.0 Å². The summed E-state index contributed by atoms with van der Waals surface area (Å²) in [4.78, 5) is 30.6. The summed E-state index contributed by atoms with van der Waals surface area (Å²) >= 11 is 0. The Morgan fingerprint density at radius 1 is 0.974 bits per heavy atom. The molecule has 0 radical (unpaired) electrons. The number of benzene rings is 3. The normalized spacial score (nSPS) is 20.2. The third-order valence-electron chi connectivity index (χ3n) is 7.81. The molecule has 2 atom stereocenters. The lowest BCUT2D eigenvalue weighted by molar-refractivity contribution is -0.00456. The van der Waals surface area contributed by atoms with Gasteiger partial charge >= 0.3 is 0 Å². The van der Waals surface area contributed by atoms with E-state index in [1.807, 2.05) is 55.6 Å². The predicted molar refractivity (Wildman–Crippen MR) is 146 cm³/mol. The molecule has 3 aliphatic rings. The van der Waals surface area contributed by atoms with Crippen LogP contribution >= 0.6 is 0 Å². The van der Waals surface area contributed by atoms with Crippen molar-refractivity contribution in [2.45, 2.75) is 31.5 Å². The number of ether oxygens (including phenoxy) is 1. The lowest BCUT2D eigenvalue weighted by Crippen LogP contribution is -2.45. The zero-order chi connectivity index (χ0) is 26.9. The van der Waals surface area contributed by atoms with Gasteiger partial charge in [0.15, 0.2) is 0 Å². The molecule has 1 fully saturated rings. The van der Waals surface area contributed by atoms with Gasteiger partial charge in [-0.25, -0.2) is 9.40 Å². The first-order chi connectivity index (χ1) is 19.0. The Morgan fingerprint density at radius 3 is 2.41 bits per heavy atom. The number of hydrazone groups is 1. The zero-order valence-corrected chi connectivity index (χ0v) is 21.9. The highest BCUT2D eigenvalue weighted by atomic mass is 19.1. The molecule has 7 nitrogen and oxygen atoms in total. The van der Waals surface area contributed by atoms with E-state index < -0.39 is 12.0 Å². The van der Waals surface area contributed by atoms with Crippen LogP contribution in [0.25, 0.3) is 0 Å². The first-order valence-corrected chi connectivity index (χ1v) is 13.5. The molecule has 2 unspecified atom stereocenters. The van der Waals surface area contributed by atoms with Gasteiger partial charge in [-0.1, -0.05) is 30.3 Å². The van der Waals surface area contributed by atoms with Crippen molar-refractivity contribution in [3.8, 4) is 5.75 Å².